The zero-order valence-corrected chi connectivity index (χ0v) is 30.9. The number of hydrogen-bond acceptors (Lipinski definition) is 15. The van der Waals surface area contributed by atoms with Gasteiger partial charge in [0.25, 0.3) is 0 Å². The van der Waals surface area contributed by atoms with E-state index < -0.39 is 147 Å². The molecule has 0 aromatic heterocycles. The van der Waals surface area contributed by atoms with Crippen LogP contribution in [0.5, 0.6) is 0 Å². The van der Waals surface area contributed by atoms with Crippen LogP contribution in [0.15, 0.2) is 4.99 Å². The van der Waals surface area contributed by atoms with Crippen molar-refractivity contribution in [3.05, 3.63) is 0 Å². The van der Waals surface area contributed by atoms with Crippen molar-refractivity contribution in [2.45, 2.75) is 81.8 Å². The van der Waals surface area contributed by atoms with Gasteiger partial charge in [0.15, 0.2) is 5.96 Å². The van der Waals surface area contributed by atoms with Crippen LogP contribution < -0.4 is 60.2 Å². The smallest absolute Gasteiger partial charge is 0.328 e. The van der Waals surface area contributed by atoms with Gasteiger partial charge in [-0.25, -0.2) is 4.79 Å². The molecule has 0 aromatic carbocycles. The molecule has 0 spiro atoms. The first-order valence-electron chi connectivity index (χ1n) is 17.1. The third kappa shape index (κ3) is 19.1. The highest BCUT2D eigenvalue weighted by Crippen LogP contribution is 2.04. The summed E-state index contributed by atoms with van der Waals surface area (Å²) < 4.78 is 0. The van der Waals surface area contributed by atoms with E-state index in [0.717, 1.165) is 0 Å². The van der Waals surface area contributed by atoms with Gasteiger partial charge in [0.05, 0.1) is 39.0 Å². The first kappa shape index (κ1) is 50.3. The van der Waals surface area contributed by atoms with Crippen LogP contribution in [0.3, 0.4) is 0 Å². The number of nitrogens with zero attached hydrogens (tertiary/aromatic N) is 1. The maximum atomic E-state index is 13.0. The molecule has 0 saturated carbocycles. The lowest BCUT2D eigenvalue weighted by molar-refractivity contribution is -0.143. The fraction of sp³-hybridized carbons (Fsp3) is 0.667. The molecule has 0 radical (unpaired) electrons. The Morgan fingerprint density at radius 3 is 1.50 bits per heavy atom. The normalized spacial score (nSPS) is 14.6. The topological polar surface area (TPSA) is 455 Å². The van der Waals surface area contributed by atoms with E-state index in [2.05, 4.69) is 36.9 Å². The number of guanidine groups is 1. The van der Waals surface area contributed by atoms with Gasteiger partial charge in [-0.3, -0.25) is 43.3 Å². The molecule has 0 aromatic rings. The van der Waals surface area contributed by atoms with Gasteiger partial charge in [-0.15, -0.1) is 0 Å². The van der Waals surface area contributed by atoms with Crippen LogP contribution in [-0.4, -0.2) is 167 Å². The number of primary amides is 1. The second-order valence-corrected chi connectivity index (χ2v) is 12.4. The minimum Gasteiger partial charge on any atom is -0.480 e. The van der Waals surface area contributed by atoms with E-state index >= 15 is 0 Å². The van der Waals surface area contributed by atoms with E-state index in [9.17, 15) is 63.6 Å². The molecular formula is C30H54N12O14. The molecule has 0 saturated heterocycles. The zero-order valence-electron chi connectivity index (χ0n) is 30.9. The van der Waals surface area contributed by atoms with Crippen LogP contribution in [0.2, 0.25) is 0 Å². The molecule has 0 fully saturated rings. The Kier molecular flexibility index (Phi) is 23.5. The predicted octanol–water partition coefficient (Wildman–Crippen LogP) is -9.63. The molecule has 56 heavy (non-hydrogen) atoms. The van der Waals surface area contributed by atoms with E-state index in [1.54, 1.807) is 0 Å². The first-order valence-corrected chi connectivity index (χ1v) is 17.1. The molecule has 7 atom stereocenters. The number of carboxylic acid groups (broad SMARTS) is 1. The van der Waals surface area contributed by atoms with Crippen LogP contribution in [0.25, 0.3) is 0 Å². The van der Waals surface area contributed by atoms with Crippen molar-refractivity contribution in [1.82, 2.24) is 37.2 Å². The highest BCUT2D eigenvalue weighted by molar-refractivity contribution is 5.97. The lowest BCUT2D eigenvalue weighted by atomic mass is 10.0. The summed E-state index contributed by atoms with van der Waals surface area (Å²) in [4.78, 5) is 115. The number of aliphatic imine (C=N–C) groups is 1. The van der Waals surface area contributed by atoms with E-state index in [1.165, 1.54) is 13.8 Å². The van der Waals surface area contributed by atoms with Crippen molar-refractivity contribution >= 4 is 59.2 Å². The molecule has 26 nitrogen and oxygen atoms in total. The molecule has 0 bridgehead atoms. The molecule has 0 aliphatic carbocycles. The lowest BCUT2D eigenvalue weighted by Crippen LogP contribution is -2.60. The van der Waals surface area contributed by atoms with Crippen molar-refractivity contribution in [2.75, 3.05) is 39.5 Å². The molecule has 0 unspecified atom stereocenters. The minimum absolute atomic E-state index is 0.118. The number of carboxylic acids is 1. The molecule has 0 rings (SSSR count). The van der Waals surface area contributed by atoms with Crippen molar-refractivity contribution in [3.8, 4) is 0 Å². The van der Waals surface area contributed by atoms with Gasteiger partial charge >= 0.3 is 5.97 Å². The Hall–Kier alpha value is -5.70. The number of carbonyl (C=O) groups excluding carboxylic acids is 8. The standard InChI is InChI=1S/C30H54N12O14/c1-13(2)22(42-27(53)18(11-45)40-26(52)17(10-44)39-23(49)14(31)4-3-7-35-30(33)34)28(54)36-8-21(48)37-16(9-43)25(51)38-15(5-6-20(32)47)24(50)41-19(12-46)29(55)56/h13-19,22,43-46H,3-12,31H2,1-2H3,(H2,32,47)(H,36,54)(H,37,48)(H,38,51)(H,39,49)(H,40,52)(H,41,50)(H,42,53)(H,55,56)(H4,33,34,35)/t14-,15-,16-,17-,18-,19-,22-/m0/s1. The monoisotopic (exact) mass is 806 g/mol. The summed E-state index contributed by atoms with van der Waals surface area (Å²) in [5.41, 5.74) is 21.3. The van der Waals surface area contributed by atoms with E-state index in [-0.39, 0.29) is 18.9 Å². The number of aliphatic hydroxyl groups is 4. The number of carbonyl (C=O) groups is 9. The lowest BCUT2D eigenvalue weighted by Gasteiger charge is -2.26. The summed E-state index contributed by atoms with van der Waals surface area (Å²) in [5, 5.41) is 62.5. The van der Waals surface area contributed by atoms with Gasteiger partial charge in [-0.05, 0) is 25.2 Å². The van der Waals surface area contributed by atoms with Gasteiger partial charge in [0.1, 0.15) is 36.3 Å². The fourth-order valence-electron chi connectivity index (χ4n) is 4.38. The highest BCUT2D eigenvalue weighted by Gasteiger charge is 2.32. The third-order valence-electron chi connectivity index (χ3n) is 7.55. The van der Waals surface area contributed by atoms with Gasteiger partial charge in [0.2, 0.25) is 47.3 Å². The number of nitrogens with one attached hydrogen (secondary N) is 7. The first-order chi connectivity index (χ1) is 26.2. The molecule has 20 N–H and O–H groups in total. The molecule has 318 valence electrons. The Morgan fingerprint density at radius 2 is 1.04 bits per heavy atom. The van der Waals surface area contributed by atoms with Crippen LogP contribution in [0, 0.1) is 5.92 Å². The van der Waals surface area contributed by atoms with Crippen molar-refractivity contribution in [3.63, 3.8) is 0 Å². The fourth-order valence-corrected chi connectivity index (χ4v) is 4.38. The van der Waals surface area contributed by atoms with Crippen molar-refractivity contribution in [2.24, 2.45) is 33.8 Å². The summed E-state index contributed by atoms with van der Waals surface area (Å²) in [7, 11) is 0. The SMILES string of the molecule is CC(C)[C@H](NC(=O)[C@H](CO)NC(=O)[C@H](CO)NC(=O)[C@@H](N)CCCN=C(N)N)C(=O)NCC(=O)N[C@@H](CO)C(=O)N[C@@H](CCC(N)=O)C(=O)N[C@@H](CO)C(=O)O. The average Bonchev–Trinajstić information content (AvgIpc) is 3.13. The zero-order chi connectivity index (χ0) is 43.1. The second kappa shape index (κ2) is 26.2. The van der Waals surface area contributed by atoms with Gasteiger partial charge in [-0.2, -0.15) is 0 Å². The Bertz CT molecular complexity index is 1410. The summed E-state index contributed by atoms with van der Waals surface area (Å²) in [6.45, 7) is -1.57. The summed E-state index contributed by atoms with van der Waals surface area (Å²) in [6.07, 6.45) is -0.434. The summed E-state index contributed by atoms with van der Waals surface area (Å²) in [6, 6.07) is -10.8. The Labute approximate surface area is 320 Å². The van der Waals surface area contributed by atoms with Crippen molar-refractivity contribution in [1.29, 1.82) is 0 Å². The number of aliphatic hydroxyl groups excluding tert-OH is 4. The molecule has 0 heterocycles. The van der Waals surface area contributed by atoms with E-state index in [1.807, 2.05) is 5.32 Å². The maximum Gasteiger partial charge on any atom is 0.328 e. The molecule has 8 amide bonds. The molecule has 26 heteroatoms. The number of rotatable bonds is 27. The van der Waals surface area contributed by atoms with E-state index in [0.29, 0.717) is 6.42 Å². The molecule has 0 aliphatic heterocycles. The largest absolute Gasteiger partial charge is 0.480 e. The summed E-state index contributed by atoms with van der Waals surface area (Å²) in [5.74, 6) is -10.5. The highest BCUT2D eigenvalue weighted by atomic mass is 16.4. The number of aliphatic carboxylic acids is 1. The number of amides is 8. The maximum absolute atomic E-state index is 13.0. The quantitative estimate of drug-likeness (QED) is 0.0208. The third-order valence-corrected chi connectivity index (χ3v) is 7.55. The van der Waals surface area contributed by atoms with Crippen LogP contribution >= 0.6 is 0 Å². The minimum atomic E-state index is -1.76. The van der Waals surface area contributed by atoms with Crippen LogP contribution in [0.4, 0.5) is 0 Å². The van der Waals surface area contributed by atoms with Crippen molar-refractivity contribution < 1.29 is 68.7 Å². The molecule has 0 aliphatic rings. The van der Waals surface area contributed by atoms with E-state index in [4.69, 9.17) is 28.0 Å². The number of nitrogens with two attached hydrogens (primary N) is 4. The average molecular weight is 807 g/mol. The Morgan fingerprint density at radius 1 is 0.589 bits per heavy atom. The Balaban J connectivity index is 5.42. The summed E-state index contributed by atoms with van der Waals surface area (Å²) >= 11 is 0. The van der Waals surface area contributed by atoms with Crippen LogP contribution in [-0.2, 0) is 43.2 Å². The number of hydrogen-bond donors (Lipinski definition) is 16. The van der Waals surface area contributed by atoms with Crippen LogP contribution in [0.1, 0.15) is 39.5 Å². The molecular weight excluding hydrogens is 752 g/mol. The van der Waals surface area contributed by atoms with Gasteiger partial charge in [0, 0.05) is 13.0 Å². The van der Waals surface area contributed by atoms with Gasteiger partial charge < -0.3 is 85.7 Å². The predicted molar refractivity (Wildman–Crippen MR) is 192 cm³/mol. The van der Waals surface area contributed by atoms with Gasteiger partial charge in [-0.1, -0.05) is 13.8 Å². The second-order valence-electron chi connectivity index (χ2n) is 12.4.